The van der Waals surface area contributed by atoms with Gasteiger partial charge in [0.05, 0.1) is 6.61 Å². The van der Waals surface area contributed by atoms with Gasteiger partial charge in [-0.1, -0.05) is 0 Å². The van der Waals surface area contributed by atoms with Crippen molar-refractivity contribution in [3.05, 3.63) is 0 Å². The van der Waals surface area contributed by atoms with Crippen molar-refractivity contribution in [2.75, 3.05) is 39.9 Å². The Labute approximate surface area is 93.2 Å². The highest BCUT2D eigenvalue weighted by atomic mass is 16.5. The van der Waals surface area contributed by atoms with E-state index in [4.69, 9.17) is 4.74 Å². The van der Waals surface area contributed by atoms with Crippen LogP contribution in [0.2, 0.25) is 0 Å². The van der Waals surface area contributed by atoms with Gasteiger partial charge in [0.2, 0.25) is 0 Å². The summed E-state index contributed by atoms with van der Waals surface area (Å²) in [5.74, 6) is 0.943. The van der Waals surface area contributed by atoms with Gasteiger partial charge in [0.1, 0.15) is 0 Å². The quantitative estimate of drug-likeness (QED) is 0.738. The monoisotopic (exact) mass is 212 g/mol. The Kier molecular flexibility index (Phi) is 4.42. The van der Waals surface area contributed by atoms with Crippen LogP contribution in [0, 0.1) is 5.92 Å². The van der Waals surface area contributed by atoms with Crippen LogP contribution in [-0.2, 0) is 4.74 Å². The summed E-state index contributed by atoms with van der Waals surface area (Å²) in [7, 11) is 2.24. The van der Waals surface area contributed by atoms with Crippen LogP contribution in [0.15, 0.2) is 0 Å². The first-order chi connectivity index (χ1) is 7.36. The van der Waals surface area contributed by atoms with Gasteiger partial charge >= 0.3 is 0 Å². The predicted octanol–water partition coefficient (Wildman–Crippen LogP) is 1.10. The molecule has 2 fully saturated rings. The van der Waals surface area contributed by atoms with Gasteiger partial charge in [-0.05, 0) is 58.3 Å². The highest BCUT2D eigenvalue weighted by molar-refractivity contribution is 4.75. The van der Waals surface area contributed by atoms with Gasteiger partial charge in [-0.25, -0.2) is 0 Å². The number of rotatable bonds is 5. The molecule has 0 aromatic carbocycles. The van der Waals surface area contributed by atoms with Crippen molar-refractivity contribution in [3.8, 4) is 0 Å². The highest BCUT2D eigenvalue weighted by Crippen LogP contribution is 2.16. The molecular weight excluding hydrogens is 188 g/mol. The Morgan fingerprint density at radius 3 is 3.00 bits per heavy atom. The Balaban J connectivity index is 1.56. The van der Waals surface area contributed by atoms with Crippen molar-refractivity contribution in [1.82, 2.24) is 10.2 Å². The lowest BCUT2D eigenvalue weighted by Crippen LogP contribution is -2.32. The standard InChI is InChI=1S/C12H24N2O/c1-14(12-5-8-15-10-12)7-2-3-11-4-6-13-9-11/h11-13H,2-10H2,1H3. The SMILES string of the molecule is CN(CCCC1CCNC1)C1CCOC1. The second-order valence-corrected chi connectivity index (χ2v) is 5.00. The molecule has 1 N–H and O–H groups in total. The number of hydrogen-bond donors (Lipinski definition) is 1. The van der Waals surface area contributed by atoms with Crippen LogP contribution in [-0.4, -0.2) is 50.8 Å². The van der Waals surface area contributed by atoms with Crippen LogP contribution in [0.4, 0.5) is 0 Å². The molecule has 3 nitrogen and oxygen atoms in total. The molecule has 0 radical (unpaired) electrons. The van der Waals surface area contributed by atoms with E-state index in [1.54, 1.807) is 0 Å². The van der Waals surface area contributed by atoms with E-state index in [1.165, 1.54) is 45.3 Å². The number of likely N-dealkylation sites (N-methyl/N-ethyl adjacent to an activating group) is 1. The summed E-state index contributed by atoms with van der Waals surface area (Å²) in [6, 6.07) is 0.687. The lowest BCUT2D eigenvalue weighted by atomic mass is 10.0. The average molecular weight is 212 g/mol. The van der Waals surface area contributed by atoms with Crippen LogP contribution < -0.4 is 5.32 Å². The minimum atomic E-state index is 0.687. The van der Waals surface area contributed by atoms with Crippen LogP contribution in [0.5, 0.6) is 0 Å². The summed E-state index contributed by atoms with van der Waals surface area (Å²) in [6.07, 6.45) is 5.35. The van der Waals surface area contributed by atoms with Gasteiger partial charge in [-0.2, -0.15) is 0 Å². The molecule has 0 amide bonds. The Morgan fingerprint density at radius 2 is 2.33 bits per heavy atom. The minimum absolute atomic E-state index is 0.687. The molecule has 2 aliphatic heterocycles. The molecule has 2 aliphatic rings. The highest BCUT2D eigenvalue weighted by Gasteiger charge is 2.20. The Bertz CT molecular complexity index is 174. The van der Waals surface area contributed by atoms with Crippen molar-refractivity contribution < 1.29 is 4.74 Å². The Morgan fingerprint density at radius 1 is 1.40 bits per heavy atom. The maximum atomic E-state index is 5.41. The number of nitrogens with zero attached hydrogens (tertiary/aromatic N) is 1. The van der Waals surface area contributed by atoms with Crippen molar-refractivity contribution in [2.24, 2.45) is 5.92 Å². The van der Waals surface area contributed by atoms with Crippen molar-refractivity contribution in [2.45, 2.75) is 31.7 Å². The molecule has 0 saturated carbocycles. The first kappa shape index (κ1) is 11.4. The van der Waals surface area contributed by atoms with Crippen LogP contribution >= 0.6 is 0 Å². The molecule has 0 aromatic heterocycles. The fourth-order valence-electron chi connectivity index (χ4n) is 2.64. The largest absolute Gasteiger partial charge is 0.380 e. The number of ether oxygens (including phenoxy) is 1. The summed E-state index contributed by atoms with van der Waals surface area (Å²) in [4.78, 5) is 2.48. The first-order valence-corrected chi connectivity index (χ1v) is 6.35. The van der Waals surface area contributed by atoms with Gasteiger partial charge in [-0.15, -0.1) is 0 Å². The smallest absolute Gasteiger partial charge is 0.0622 e. The second kappa shape index (κ2) is 5.83. The molecule has 88 valence electrons. The zero-order valence-electron chi connectivity index (χ0n) is 9.87. The molecule has 2 atom stereocenters. The molecule has 0 bridgehead atoms. The Hall–Kier alpha value is -0.120. The van der Waals surface area contributed by atoms with Crippen molar-refractivity contribution >= 4 is 0 Å². The molecule has 0 aromatic rings. The zero-order chi connectivity index (χ0) is 10.5. The summed E-state index contributed by atoms with van der Waals surface area (Å²) >= 11 is 0. The van der Waals surface area contributed by atoms with Gasteiger partial charge in [-0.3, -0.25) is 0 Å². The van der Waals surface area contributed by atoms with E-state index >= 15 is 0 Å². The fourth-order valence-corrected chi connectivity index (χ4v) is 2.64. The normalized spacial score (nSPS) is 31.6. The van der Waals surface area contributed by atoms with Crippen molar-refractivity contribution in [1.29, 1.82) is 0 Å². The third-order valence-electron chi connectivity index (χ3n) is 3.81. The van der Waals surface area contributed by atoms with Crippen LogP contribution in [0.3, 0.4) is 0 Å². The molecule has 2 unspecified atom stereocenters. The lowest BCUT2D eigenvalue weighted by Gasteiger charge is -2.23. The average Bonchev–Trinajstić information content (AvgIpc) is 2.90. The second-order valence-electron chi connectivity index (χ2n) is 5.00. The van der Waals surface area contributed by atoms with Gasteiger partial charge in [0.15, 0.2) is 0 Å². The lowest BCUT2D eigenvalue weighted by molar-refractivity contribution is 0.157. The number of nitrogens with one attached hydrogen (secondary N) is 1. The summed E-state index contributed by atoms with van der Waals surface area (Å²) in [5.41, 5.74) is 0. The van der Waals surface area contributed by atoms with E-state index in [0.29, 0.717) is 6.04 Å². The van der Waals surface area contributed by atoms with E-state index in [1.807, 2.05) is 0 Å². The molecule has 2 rings (SSSR count). The number of hydrogen-bond acceptors (Lipinski definition) is 3. The van der Waals surface area contributed by atoms with E-state index in [9.17, 15) is 0 Å². The van der Waals surface area contributed by atoms with E-state index in [0.717, 1.165) is 19.1 Å². The molecule has 3 heteroatoms. The van der Waals surface area contributed by atoms with Gasteiger partial charge < -0.3 is 15.0 Å². The maximum absolute atomic E-state index is 5.41. The zero-order valence-corrected chi connectivity index (χ0v) is 9.87. The third kappa shape index (κ3) is 3.44. The maximum Gasteiger partial charge on any atom is 0.0622 e. The van der Waals surface area contributed by atoms with Crippen LogP contribution in [0.1, 0.15) is 25.7 Å². The van der Waals surface area contributed by atoms with E-state index in [-0.39, 0.29) is 0 Å². The molecule has 0 aliphatic carbocycles. The first-order valence-electron chi connectivity index (χ1n) is 6.35. The topological polar surface area (TPSA) is 24.5 Å². The summed E-state index contributed by atoms with van der Waals surface area (Å²) in [5, 5.41) is 3.43. The van der Waals surface area contributed by atoms with E-state index < -0.39 is 0 Å². The molecular formula is C12H24N2O. The van der Waals surface area contributed by atoms with Gasteiger partial charge in [0.25, 0.3) is 0 Å². The fraction of sp³-hybridized carbons (Fsp3) is 1.00. The minimum Gasteiger partial charge on any atom is -0.380 e. The van der Waals surface area contributed by atoms with E-state index in [2.05, 4.69) is 17.3 Å². The predicted molar refractivity (Wildman–Crippen MR) is 62.1 cm³/mol. The van der Waals surface area contributed by atoms with Crippen LogP contribution in [0.25, 0.3) is 0 Å². The summed E-state index contributed by atoms with van der Waals surface area (Å²) in [6.45, 7) is 5.63. The molecule has 0 spiro atoms. The summed E-state index contributed by atoms with van der Waals surface area (Å²) < 4.78 is 5.41. The van der Waals surface area contributed by atoms with Crippen molar-refractivity contribution in [3.63, 3.8) is 0 Å². The van der Waals surface area contributed by atoms with Gasteiger partial charge in [0, 0.05) is 12.6 Å². The molecule has 2 saturated heterocycles. The molecule has 2 heterocycles. The molecule has 15 heavy (non-hydrogen) atoms. The third-order valence-corrected chi connectivity index (χ3v) is 3.81.